The number of hydrogen-bond acceptors (Lipinski definition) is 6. The lowest BCUT2D eigenvalue weighted by Crippen LogP contribution is -2.59. The molecule has 1 unspecified atom stereocenters. The number of rotatable bonds is 7. The number of carbonyl (C=O) groups is 3. The minimum atomic E-state index is -1.31. The van der Waals surface area contributed by atoms with Crippen LogP contribution < -0.4 is 9.80 Å². The van der Waals surface area contributed by atoms with E-state index in [9.17, 15) is 19.5 Å². The summed E-state index contributed by atoms with van der Waals surface area (Å²) < 4.78 is 6.65. The molecule has 9 nitrogen and oxygen atoms in total. The highest BCUT2D eigenvalue weighted by atomic mass is 16.5. The van der Waals surface area contributed by atoms with E-state index in [-0.39, 0.29) is 30.2 Å². The molecule has 2 fully saturated rings. The summed E-state index contributed by atoms with van der Waals surface area (Å²) in [7, 11) is 1.72. The molecule has 1 aromatic carbocycles. The van der Waals surface area contributed by atoms with Crippen LogP contribution in [0.1, 0.15) is 27.7 Å². The first kappa shape index (κ1) is 27.4. The van der Waals surface area contributed by atoms with Crippen molar-refractivity contribution in [3.8, 4) is 0 Å². The van der Waals surface area contributed by atoms with Crippen molar-refractivity contribution in [3.05, 3.63) is 48.6 Å². The van der Waals surface area contributed by atoms with Gasteiger partial charge in [0.15, 0.2) is 0 Å². The minimum Gasteiger partial charge on any atom is -0.394 e. The molecule has 6 atom stereocenters. The average Bonchev–Trinajstić information content (AvgIpc) is 3.24. The normalized spacial score (nSPS) is 30.8. The van der Waals surface area contributed by atoms with Gasteiger partial charge in [-0.3, -0.25) is 14.4 Å². The second-order valence-corrected chi connectivity index (χ2v) is 11.3. The van der Waals surface area contributed by atoms with Gasteiger partial charge in [0.1, 0.15) is 11.6 Å². The number of aliphatic hydroxyl groups excluding tert-OH is 1. The van der Waals surface area contributed by atoms with Gasteiger partial charge in [-0.25, -0.2) is 0 Å². The van der Waals surface area contributed by atoms with E-state index in [0.29, 0.717) is 13.1 Å². The van der Waals surface area contributed by atoms with Gasteiger partial charge in [0, 0.05) is 44.6 Å². The number of hydrogen-bond donors (Lipinski definition) is 1. The van der Waals surface area contributed by atoms with Crippen molar-refractivity contribution in [3.63, 3.8) is 0 Å². The molecule has 39 heavy (non-hydrogen) atoms. The zero-order chi connectivity index (χ0) is 28.1. The van der Waals surface area contributed by atoms with E-state index >= 15 is 0 Å². The number of fused-ring (bicyclic) bond motifs is 2. The monoisotopic (exact) mass is 536 g/mol. The molecular weight excluding hydrogens is 496 g/mol. The number of ether oxygens (including phenoxy) is 1. The first-order chi connectivity index (χ1) is 18.7. The van der Waals surface area contributed by atoms with Crippen molar-refractivity contribution >= 4 is 29.1 Å². The van der Waals surface area contributed by atoms with E-state index < -0.39 is 35.6 Å². The highest BCUT2D eigenvalue weighted by Crippen LogP contribution is 2.54. The number of likely N-dealkylation sites (tertiary alicyclic amines) is 1. The Kier molecular flexibility index (Phi) is 7.33. The highest BCUT2D eigenvalue weighted by molar-refractivity contribution is 6.06. The number of aliphatic hydroxyl groups is 1. The fourth-order valence-electron chi connectivity index (χ4n) is 6.84. The summed E-state index contributed by atoms with van der Waals surface area (Å²) in [6.45, 7) is 10.3. The van der Waals surface area contributed by atoms with Crippen LogP contribution in [0.4, 0.5) is 11.4 Å². The topological polar surface area (TPSA) is 93.6 Å². The number of nitrogens with zero attached hydrogens (tertiary/aromatic N) is 4. The van der Waals surface area contributed by atoms with Crippen LogP contribution >= 0.6 is 0 Å². The van der Waals surface area contributed by atoms with Crippen molar-refractivity contribution in [1.29, 1.82) is 0 Å². The Hall–Kier alpha value is -3.17. The smallest absolute Gasteiger partial charge is 0.253 e. The molecule has 3 amide bonds. The van der Waals surface area contributed by atoms with E-state index in [1.54, 1.807) is 16.8 Å². The lowest BCUT2D eigenvalue weighted by atomic mass is 9.77. The second kappa shape index (κ2) is 10.4. The van der Waals surface area contributed by atoms with Crippen molar-refractivity contribution in [2.75, 3.05) is 49.6 Å². The summed E-state index contributed by atoms with van der Waals surface area (Å²) in [6, 6.07) is 6.28. The molecule has 9 heteroatoms. The maximum atomic E-state index is 14.5. The molecular formula is C30H40N4O5. The number of likely N-dealkylation sites (N-methyl/N-ethyl adjacent to an activating group) is 1. The largest absolute Gasteiger partial charge is 0.394 e. The number of amides is 3. The third kappa shape index (κ3) is 4.17. The molecule has 4 heterocycles. The number of carbonyl (C=O) groups excluding carboxylic acids is 3. The fraction of sp³-hybridized carbons (Fsp3) is 0.567. The van der Waals surface area contributed by atoms with Crippen LogP contribution in [0.15, 0.2) is 48.6 Å². The summed E-state index contributed by atoms with van der Waals surface area (Å²) in [4.78, 5) is 49.4. The van der Waals surface area contributed by atoms with Crippen LogP contribution in [-0.4, -0.2) is 96.3 Å². The maximum Gasteiger partial charge on any atom is 0.253 e. The third-order valence-corrected chi connectivity index (χ3v) is 8.90. The molecule has 0 saturated carbocycles. The molecule has 210 valence electrons. The average molecular weight is 537 g/mol. The first-order valence-electron chi connectivity index (χ1n) is 14.1. The van der Waals surface area contributed by atoms with Gasteiger partial charge >= 0.3 is 0 Å². The van der Waals surface area contributed by atoms with Crippen molar-refractivity contribution in [2.24, 2.45) is 17.8 Å². The molecule has 4 aliphatic rings. The Morgan fingerprint density at radius 2 is 1.72 bits per heavy atom. The van der Waals surface area contributed by atoms with E-state index in [1.165, 1.54) is 4.90 Å². The van der Waals surface area contributed by atoms with Gasteiger partial charge in [-0.05, 0) is 44.0 Å². The fourth-order valence-corrected chi connectivity index (χ4v) is 6.84. The molecule has 1 spiro atoms. The quantitative estimate of drug-likeness (QED) is 0.537. The third-order valence-electron chi connectivity index (χ3n) is 8.90. The SMILES string of the molecule is CCN(CC)c1ccc(N2CC=C[C@]34O[C@H]5C=CCN(C)C(=O)[C@H]5[C@H]3C(=O)N([C@@H](CO)C(C)C)C4C2=O)cc1. The van der Waals surface area contributed by atoms with Gasteiger partial charge in [0.25, 0.3) is 5.91 Å². The van der Waals surface area contributed by atoms with Gasteiger partial charge in [0.05, 0.1) is 30.6 Å². The van der Waals surface area contributed by atoms with E-state index in [0.717, 1.165) is 24.5 Å². The van der Waals surface area contributed by atoms with Gasteiger partial charge in [0.2, 0.25) is 11.8 Å². The summed E-state index contributed by atoms with van der Waals surface area (Å²) in [5.41, 5.74) is 0.492. The summed E-state index contributed by atoms with van der Waals surface area (Å²) in [6.07, 6.45) is 6.85. The molecule has 4 aliphatic heterocycles. The number of benzene rings is 1. The van der Waals surface area contributed by atoms with Crippen molar-refractivity contribution < 1.29 is 24.2 Å². The van der Waals surface area contributed by atoms with Crippen LogP contribution in [0.2, 0.25) is 0 Å². The van der Waals surface area contributed by atoms with E-state index in [4.69, 9.17) is 4.74 Å². The van der Waals surface area contributed by atoms with Crippen LogP contribution in [-0.2, 0) is 19.1 Å². The Morgan fingerprint density at radius 1 is 1.03 bits per heavy atom. The standard InChI is InChI=1S/C30H40N4O5/c1-6-32(7-2)20-11-13-21(14-12-20)33-17-9-15-30-25(24-23(39-30)10-8-16-31(5)27(24)36)28(37)34(26(30)29(33)38)22(18-35)19(3)4/h8-15,19,22-26,35H,6-7,16-18H2,1-5H3/t22-,23-,24+,25-,26?,30-/m0/s1. The Balaban J connectivity index is 1.60. The lowest BCUT2D eigenvalue weighted by Gasteiger charge is -2.39. The van der Waals surface area contributed by atoms with Crippen LogP contribution in [0.3, 0.4) is 0 Å². The van der Waals surface area contributed by atoms with Crippen LogP contribution in [0, 0.1) is 17.8 Å². The summed E-state index contributed by atoms with van der Waals surface area (Å²) in [5, 5.41) is 10.4. The van der Waals surface area contributed by atoms with E-state index in [2.05, 4.69) is 18.7 Å². The summed E-state index contributed by atoms with van der Waals surface area (Å²) in [5.74, 6) is -2.46. The van der Waals surface area contributed by atoms with Gasteiger partial charge in [-0.1, -0.05) is 38.2 Å². The Bertz CT molecular complexity index is 1180. The minimum absolute atomic E-state index is 0.111. The molecule has 5 rings (SSSR count). The molecule has 2 saturated heterocycles. The maximum absolute atomic E-state index is 14.5. The summed E-state index contributed by atoms with van der Waals surface area (Å²) >= 11 is 0. The first-order valence-corrected chi connectivity index (χ1v) is 14.1. The van der Waals surface area contributed by atoms with Crippen molar-refractivity contribution in [1.82, 2.24) is 9.80 Å². The Labute approximate surface area is 230 Å². The molecule has 1 N–H and O–H groups in total. The highest BCUT2D eigenvalue weighted by Gasteiger charge is 2.72. The second-order valence-electron chi connectivity index (χ2n) is 11.3. The predicted octanol–water partition coefficient (Wildman–Crippen LogP) is 2.06. The number of anilines is 2. The van der Waals surface area contributed by atoms with E-state index in [1.807, 2.05) is 62.4 Å². The molecule has 1 aromatic rings. The van der Waals surface area contributed by atoms with Crippen LogP contribution in [0.25, 0.3) is 0 Å². The van der Waals surface area contributed by atoms with Crippen molar-refractivity contribution in [2.45, 2.75) is 51.5 Å². The predicted molar refractivity (Wildman–Crippen MR) is 149 cm³/mol. The molecule has 0 bridgehead atoms. The molecule has 0 radical (unpaired) electrons. The molecule has 0 aliphatic carbocycles. The molecule has 0 aromatic heterocycles. The zero-order valence-corrected chi connectivity index (χ0v) is 23.5. The van der Waals surface area contributed by atoms with Crippen LogP contribution in [0.5, 0.6) is 0 Å². The lowest BCUT2D eigenvalue weighted by molar-refractivity contribution is -0.147. The zero-order valence-electron chi connectivity index (χ0n) is 23.5. The van der Waals surface area contributed by atoms with Gasteiger partial charge in [-0.2, -0.15) is 0 Å². The van der Waals surface area contributed by atoms with Gasteiger partial charge in [-0.15, -0.1) is 0 Å². The Morgan fingerprint density at radius 3 is 2.33 bits per heavy atom. The van der Waals surface area contributed by atoms with Gasteiger partial charge < -0.3 is 29.4 Å².